The molecule has 1 unspecified atom stereocenters. The first kappa shape index (κ1) is 24.1. The Kier molecular flexibility index (Phi) is 6.91. The molecule has 1 aromatic heterocycles. The maximum Gasteiger partial charge on any atom is 0.290 e. The van der Waals surface area contributed by atoms with Crippen LogP contribution in [0.4, 0.5) is 11.5 Å². The lowest BCUT2D eigenvalue weighted by molar-refractivity contribution is -0.117. The Morgan fingerprint density at radius 2 is 1.73 bits per heavy atom. The summed E-state index contributed by atoms with van der Waals surface area (Å²) in [5.41, 5.74) is 3.33. The zero-order valence-electron chi connectivity index (χ0n) is 20.4. The van der Waals surface area contributed by atoms with Crippen LogP contribution in [0.3, 0.4) is 0 Å². The van der Waals surface area contributed by atoms with Crippen molar-refractivity contribution in [2.24, 2.45) is 4.99 Å². The van der Waals surface area contributed by atoms with E-state index < -0.39 is 18.1 Å². The van der Waals surface area contributed by atoms with E-state index in [-0.39, 0.29) is 5.90 Å². The molecule has 2 aliphatic heterocycles. The van der Waals surface area contributed by atoms with Crippen LogP contribution in [-0.4, -0.2) is 72.8 Å². The molecule has 4 N–H and O–H groups in total. The van der Waals surface area contributed by atoms with Gasteiger partial charge < -0.3 is 25.2 Å². The van der Waals surface area contributed by atoms with Crippen LogP contribution >= 0.6 is 0 Å². The van der Waals surface area contributed by atoms with Crippen molar-refractivity contribution in [1.82, 2.24) is 15.2 Å². The first-order chi connectivity index (χ1) is 18.0. The highest BCUT2D eigenvalue weighted by molar-refractivity contribution is 6.19. The van der Waals surface area contributed by atoms with Crippen molar-refractivity contribution in [1.29, 1.82) is 10.8 Å². The zero-order chi connectivity index (χ0) is 25.8. The van der Waals surface area contributed by atoms with E-state index in [4.69, 9.17) is 15.6 Å². The summed E-state index contributed by atoms with van der Waals surface area (Å²) in [6.07, 6.45) is 0.551. The first-order valence-corrected chi connectivity index (χ1v) is 12.0. The fraction of sp³-hybridized carbons (Fsp3) is 0.222. The minimum atomic E-state index is -1.13. The Hall–Kier alpha value is -4.57. The van der Waals surface area contributed by atoms with E-state index in [0.29, 0.717) is 22.8 Å². The molecule has 3 aromatic rings. The fourth-order valence-corrected chi connectivity index (χ4v) is 4.34. The molecule has 3 heterocycles. The molecule has 37 heavy (non-hydrogen) atoms. The zero-order valence-corrected chi connectivity index (χ0v) is 20.4. The average molecular weight is 497 g/mol. The molecule has 1 saturated heterocycles. The van der Waals surface area contributed by atoms with Crippen LogP contribution in [0, 0.1) is 10.8 Å². The van der Waals surface area contributed by atoms with Crippen LogP contribution < -0.4 is 15.5 Å². The molecule has 5 rings (SSSR count). The van der Waals surface area contributed by atoms with Gasteiger partial charge in [-0.15, -0.1) is 0 Å². The number of aliphatic imine (C=N–C) groups is 1. The van der Waals surface area contributed by atoms with Crippen LogP contribution in [0.2, 0.25) is 0 Å². The van der Waals surface area contributed by atoms with E-state index in [2.05, 4.69) is 37.5 Å². The van der Waals surface area contributed by atoms with Crippen molar-refractivity contribution in [3.8, 4) is 0 Å². The summed E-state index contributed by atoms with van der Waals surface area (Å²) in [4.78, 5) is 26.5. The second-order valence-electron chi connectivity index (χ2n) is 8.85. The lowest BCUT2D eigenvalue weighted by Gasteiger charge is -2.34. The molecule has 0 spiro atoms. The second-order valence-corrected chi connectivity index (χ2v) is 8.85. The molecule has 0 aliphatic carbocycles. The van der Waals surface area contributed by atoms with Gasteiger partial charge in [0.15, 0.2) is 0 Å². The quantitative estimate of drug-likeness (QED) is 0.324. The minimum absolute atomic E-state index is 0.232. The van der Waals surface area contributed by atoms with E-state index in [0.717, 1.165) is 37.3 Å². The number of piperazine rings is 1. The summed E-state index contributed by atoms with van der Waals surface area (Å²) < 4.78 is 5.53. The molecule has 2 aliphatic rings. The molecule has 1 atom stereocenters. The van der Waals surface area contributed by atoms with Gasteiger partial charge in [0, 0.05) is 43.5 Å². The molecule has 10 heteroatoms. The lowest BCUT2D eigenvalue weighted by atomic mass is 10.0. The average Bonchev–Trinajstić information content (AvgIpc) is 3.05. The molecular weight excluding hydrogens is 468 g/mol. The number of nitrogens with zero attached hydrogens (tertiary/aromatic N) is 4. The number of anilines is 2. The largest absolute Gasteiger partial charge is 0.407 e. The lowest BCUT2D eigenvalue weighted by Crippen LogP contribution is -2.45. The highest BCUT2D eigenvalue weighted by atomic mass is 16.5. The van der Waals surface area contributed by atoms with Gasteiger partial charge in [-0.2, -0.15) is 0 Å². The van der Waals surface area contributed by atoms with Crippen molar-refractivity contribution < 1.29 is 9.53 Å². The van der Waals surface area contributed by atoms with Gasteiger partial charge in [-0.1, -0.05) is 48.5 Å². The number of amidine groups is 1. The number of hydrogen-bond donors (Lipinski definition) is 4. The van der Waals surface area contributed by atoms with Crippen molar-refractivity contribution in [3.63, 3.8) is 0 Å². The number of ether oxygens (including phenoxy) is 1. The molecule has 1 fully saturated rings. The Labute approximate surface area is 215 Å². The molecule has 2 aromatic carbocycles. The predicted octanol–water partition coefficient (Wildman–Crippen LogP) is 2.52. The van der Waals surface area contributed by atoms with E-state index >= 15 is 0 Å². The second kappa shape index (κ2) is 10.6. The first-order valence-electron chi connectivity index (χ1n) is 12.0. The van der Waals surface area contributed by atoms with E-state index in [1.807, 2.05) is 54.6 Å². The maximum absolute atomic E-state index is 13.0. The topological polar surface area (TPSA) is 130 Å². The third kappa shape index (κ3) is 5.34. The number of carbonyl (C=O) groups excluding carboxylic acids is 1. The number of aromatic nitrogens is 1. The van der Waals surface area contributed by atoms with Gasteiger partial charge in [0.25, 0.3) is 11.9 Å². The number of fused-ring (bicyclic) bond motifs is 1. The van der Waals surface area contributed by atoms with E-state index in [1.54, 1.807) is 18.3 Å². The van der Waals surface area contributed by atoms with Crippen molar-refractivity contribution in [2.45, 2.75) is 6.17 Å². The normalized spacial score (nSPS) is 17.6. The number of para-hydroxylation sites is 1. The molecule has 0 bridgehead atoms. The third-order valence-electron chi connectivity index (χ3n) is 6.30. The summed E-state index contributed by atoms with van der Waals surface area (Å²) in [6.45, 7) is 3.34. The summed E-state index contributed by atoms with van der Waals surface area (Å²) in [6, 6.07) is 20.0. The Bertz CT molecular complexity index is 1350. The van der Waals surface area contributed by atoms with E-state index in [1.165, 1.54) is 0 Å². The van der Waals surface area contributed by atoms with Crippen LogP contribution in [0.1, 0.15) is 16.7 Å². The number of amides is 1. The van der Waals surface area contributed by atoms with Crippen molar-refractivity contribution in [2.75, 3.05) is 43.4 Å². The summed E-state index contributed by atoms with van der Waals surface area (Å²) in [5.74, 6) is -0.0256. The number of carbonyl (C=O) groups is 1. The number of likely N-dealkylation sites (N-methyl/N-ethyl adjacent to an activating group) is 1. The van der Waals surface area contributed by atoms with Crippen LogP contribution in [-0.2, 0) is 9.53 Å². The molecule has 10 nitrogen and oxygen atoms in total. The molecule has 0 saturated carbocycles. The van der Waals surface area contributed by atoms with Gasteiger partial charge >= 0.3 is 0 Å². The molecule has 0 radical (unpaired) electrons. The Morgan fingerprint density at radius 3 is 2.51 bits per heavy atom. The highest BCUT2D eigenvalue weighted by Crippen LogP contribution is 2.24. The number of hydrogen-bond acceptors (Lipinski definition) is 8. The third-order valence-corrected chi connectivity index (χ3v) is 6.30. The number of benzene rings is 2. The fourth-order valence-electron chi connectivity index (χ4n) is 4.34. The minimum Gasteiger partial charge on any atom is -0.407 e. The number of rotatable bonds is 4. The van der Waals surface area contributed by atoms with Crippen molar-refractivity contribution >= 4 is 35.0 Å². The molecule has 188 valence electrons. The highest BCUT2D eigenvalue weighted by Gasteiger charge is 2.27. The predicted molar refractivity (Wildman–Crippen MR) is 144 cm³/mol. The SMILES string of the molecule is CN1CCN(c2ncccc2C(=N)OC(=N)NC2N=C(c3ccccc3)c3ccccc3NC2=O)CC1. The summed E-state index contributed by atoms with van der Waals surface area (Å²) in [5, 5.41) is 22.5. The van der Waals surface area contributed by atoms with Gasteiger partial charge in [-0.05, 0) is 25.2 Å². The van der Waals surface area contributed by atoms with Gasteiger partial charge in [0.1, 0.15) is 5.82 Å². The number of benzodiazepines with no additional fused rings is 1. The number of pyridine rings is 1. The van der Waals surface area contributed by atoms with Gasteiger partial charge in [-0.3, -0.25) is 15.6 Å². The van der Waals surface area contributed by atoms with Crippen LogP contribution in [0.5, 0.6) is 0 Å². The summed E-state index contributed by atoms with van der Waals surface area (Å²) in [7, 11) is 2.07. The van der Waals surface area contributed by atoms with E-state index in [9.17, 15) is 4.79 Å². The monoisotopic (exact) mass is 496 g/mol. The molecular formula is C27H28N8O2. The van der Waals surface area contributed by atoms with Crippen molar-refractivity contribution in [3.05, 3.63) is 89.6 Å². The number of nitrogens with one attached hydrogen (secondary N) is 4. The molecule has 1 amide bonds. The van der Waals surface area contributed by atoms with Crippen LogP contribution in [0.15, 0.2) is 77.9 Å². The Morgan fingerprint density at radius 1 is 1.00 bits per heavy atom. The summed E-state index contributed by atoms with van der Waals surface area (Å²) >= 11 is 0. The standard InChI is InChI=1S/C27H28N8O2/c1-34-14-16-35(17-15-34)25-20(11-7-13-30-25)23(28)37-27(29)33-24-26(36)31-21-12-6-5-10-19(21)22(32-24)18-8-3-2-4-9-18/h2-13,24,28H,14-17H2,1H3,(H2,29,33)(H,31,36). The smallest absolute Gasteiger partial charge is 0.290 e. The Balaban J connectivity index is 1.35. The van der Waals surface area contributed by atoms with Gasteiger partial charge in [0.2, 0.25) is 12.1 Å². The van der Waals surface area contributed by atoms with Gasteiger partial charge in [-0.25, -0.2) is 9.98 Å². The van der Waals surface area contributed by atoms with Crippen LogP contribution in [0.25, 0.3) is 0 Å². The van der Waals surface area contributed by atoms with Gasteiger partial charge in [0.05, 0.1) is 17.0 Å². The maximum atomic E-state index is 13.0.